The molecule has 0 bridgehead atoms. The Balaban J connectivity index is 1.72. The van der Waals surface area contributed by atoms with Crippen molar-refractivity contribution < 1.29 is 9.53 Å². The molecule has 1 aromatic carbocycles. The largest absolute Gasteiger partial charge is 0.378 e. The number of carbonyl (C=O) groups excluding carboxylic acids is 1. The van der Waals surface area contributed by atoms with Crippen LogP contribution in [0.5, 0.6) is 0 Å². The van der Waals surface area contributed by atoms with Crippen LogP contribution >= 0.6 is 23.4 Å². The first-order valence-corrected chi connectivity index (χ1v) is 9.67. The lowest BCUT2D eigenvalue weighted by Gasteiger charge is -2.29. The average molecular weight is 378 g/mol. The van der Waals surface area contributed by atoms with Gasteiger partial charge >= 0.3 is 0 Å². The van der Waals surface area contributed by atoms with Gasteiger partial charge in [-0.2, -0.15) is 0 Å². The van der Waals surface area contributed by atoms with E-state index in [1.54, 1.807) is 24.0 Å². The van der Waals surface area contributed by atoms with E-state index >= 15 is 0 Å². The summed E-state index contributed by atoms with van der Waals surface area (Å²) in [6.07, 6.45) is 3.74. The zero-order valence-corrected chi connectivity index (χ0v) is 15.6. The van der Waals surface area contributed by atoms with E-state index in [9.17, 15) is 4.79 Å². The van der Waals surface area contributed by atoms with Crippen molar-refractivity contribution in [3.8, 4) is 0 Å². The second-order valence-electron chi connectivity index (χ2n) is 5.61. The summed E-state index contributed by atoms with van der Waals surface area (Å²) in [6, 6.07) is 9.34. The summed E-state index contributed by atoms with van der Waals surface area (Å²) in [4.78, 5) is 20.2. The fraction of sp³-hybridized carbons (Fsp3) is 0.333. The molecule has 0 aliphatic carbocycles. The third-order valence-corrected chi connectivity index (χ3v) is 5.09. The van der Waals surface area contributed by atoms with Crippen LogP contribution in [0.3, 0.4) is 0 Å². The fourth-order valence-electron chi connectivity index (χ4n) is 2.70. The lowest BCUT2D eigenvalue weighted by molar-refractivity contribution is 0.0950. The lowest BCUT2D eigenvalue weighted by Crippen LogP contribution is -2.37. The van der Waals surface area contributed by atoms with Gasteiger partial charge < -0.3 is 15.0 Å². The van der Waals surface area contributed by atoms with Crippen molar-refractivity contribution in [1.29, 1.82) is 0 Å². The van der Waals surface area contributed by atoms with Crippen LogP contribution in [0.15, 0.2) is 41.4 Å². The second kappa shape index (κ2) is 8.56. The number of nitrogens with zero attached hydrogens (tertiary/aromatic N) is 2. The number of carbonyl (C=O) groups is 1. The molecule has 5 nitrogen and oxygen atoms in total. The molecule has 3 rings (SSSR count). The van der Waals surface area contributed by atoms with Crippen LogP contribution in [-0.2, 0) is 11.3 Å². The molecule has 2 heterocycles. The molecule has 1 amide bonds. The summed E-state index contributed by atoms with van der Waals surface area (Å²) in [5, 5.41) is 3.41. The first-order chi connectivity index (χ1) is 12.2. The number of pyridine rings is 1. The molecule has 7 heteroatoms. The van der Waals surface area contributed by atoms with Gasteiger partial charge in [-0.05, 0) is 30.5 Å². The minimum atomic E-state index is -0.183. The molecule has 25 heavy (non-hydrogen) atoms. The summed E-state index contributed by atoms with van der Waals surface area (Å²) in [5.41, 5.74) is 1.47. The Labute approximate surface area is 156 Å². The summed E-state index contributed by atoms with van der Waals surface area (Å²) < 4.78 is 5.40. The number of aromatic nitrogens is 1. The SMILES string of the molecule is CSc1ccc(Cl)c(C(=O)NCc2cccnc2N2CCOCC2)c1. The molecule has 0 saturated carbocycles. The maximum Gasteiger partial charge on any atom is 0.253 e. The van der Waals surface area contributed by atoms with Crippen LogP contribution in [0.2, 0.25) is 5.02 Å². The van der Waals surface area contributed by atoms with E-state index in [2.05, 4.69) is 15.2 Å². The van der Waals surface area contributed by atoms with Crippen LogP contribution < -0.4 is 10.2 Å². The molecule has 2 aromatic rings. The number of ether oxygens (including phenoxy) is 1. The number of morpholine rings is 1. The van der Waals surface area contributed by atoms with Gasteiger partial charge in [0.1, 0.15) is 5.82 Å². The molecule has 1 aromatic heterocycles. The van der Waals surface area contributed by atoms with Gasteiger partial charge in [0.25, 0.3) is 5.91 Å². The van der Waals surface area contributed by atoms with Crippen molar-refractivity contribution in [2.24, 2.45) is 0 Å². The summed E-state index contributed by atoms with van der Waals surface area (Å²) in [7, 11) is 0. The molecule has 1 aliphatic heterocycles. The van der Waals surface area contributed by atoms with Crippen molar-refractivity contribution in [3.05, 3.63) is 52.7 Å². The first-order valence-electron chi connectivity index (χ1n) is 8.07. The second-order valence-corrected chi connectivity index (χ2v) is 6.90. The maximum atomic E-state index is 12.5. The zero-order chi connectivity index (χ0) is 17.6. The number of hydrogen-bond donors (Lipinski definition) is 1. The molecule has 1 aliphatic rings. The Morgan fingerprint density at radius 3 is 2.92 bits per heavy atom. The third kappa shape index (κ3) is 4.45. The number of benzene rings is 1. The average Bonchev–Trinajstić information content (AvgIpc) is 2.67. The number of amides is 1. The van der Waals surface area contributed by atoms with Crippen molar-refractivity contribution in [2.45, 2.75) is 11.4 Å². The van der Waals surface area contributed by atoms with Crippen molar-refractivity contribution in [3.63, 3.8) is 0 Å². The Morgan fingerprint density at radius 2 is 2.16 bits per heavy atom. The van der Waals surface area contributed by atoms with E-state index in [1.807, 2.05) is 30.5 Å². The molecule has 0 spiro atoms. The molecule has 0 radical (unpaired) electrons. The highest BCUT2D eigenvalue weighted by Gasteiger charge is 2.17. The van der Waals surface area contributed by atoms with E-state index in [0.717, 1.165) is 29.4 Å². The van der Waals surface area contributed by atoms with Crippen LogP contribution in [0, 0.1) is 0 Å². The molecule has 132 valence electrons. The van der Waals surface area contributed by atoms with Gasteiger partial charge in [-0.15, -0.1) is 11.8 Å². The molecular formula is C18H20ClN3O2S. The monoisotopic (exact) mass is 377 g/mol. The van der Waals surface area contributed by atoms with Crippen LogP contribution in [0.1, 0.15) is 15.9 Å². The quantitative estimate of drug-likeness (QED) is 0.811. The van der Waals surface area contributed by atoms with Crippen LogP contribution in [0.4, 0.5) is 5.82 Å². The highest BCUT2D eigenvalue weighted by atomic mass is 35.5. The van der Waals surface area contributed by atoms with Crippen molar-refractivity contribution in [2.75, 3.05) is 37.5 Å². The highest BCUT2D eigenvalue weighted by molar-refractivity contribution is 7.98. The van der Waals surface area contributed by atoms with Crippen molar-refractivity contribution in [1.82, 2.24) is 10.3 Å². The maximum absolute atomic E-state index is 12.5. The summed E-state index contributed by atoms with van der Waals surface area (Å²) in [5.74, 6) is 0.716. The topological polar surface area (TPSA) is 54.5 Å². The van der Waals surface area contributed by atoms with Gasteiger partial charge in [-0.1, -0.05) is 17.7 Å². The number of rotatable bonds is 5. The molecule has 0 atom stereocenters. The Morgan fingerprint density at radius 1 is 1.36 bits per heavy atom. The highest BCUT2D eigenvalue weighted by Crippen LogP contribution is 2.23. The van der Waals surface area contributed by atoms with E-state index in [0.29, 0.717) is 30.3 Å². The molecule has 1 fully saturated rings. The van der Waals surface area contributed by atoms with Gasteiger partial charge in [0.2, 0.25) is 0 Å². The number of hydrogen-bond acceptors (Lipinski definition) is 5. The summed E-state index contributed by atoms with van der Waals surface area (Å²) >= 11 is 7.76. The third-order valence-electron chi connectivity index (χ3n) is 4.04. The first kappa shape index (κ1) is 18.0. The number of anilines is 1. The van der Waals surface area contributed by atoms with Gasteiger partial charge in [-0.25, -0.2) is 4.98 Å². The van der Waals surface area contributed by atoms with E-state index in [4.69, 9.17) is 16.3 Å². The molecule has 1 saturated heterocycles. The minimum Gasteiger partial charge on any atom is -0.378 e. The van der Waals surface area contributed by atoms with E-state index < -0.39 is 0 Å². The predicted molar refractivity (Wildman–Crippen MR) is 102 cm³/mol. The molecule has 0 unspecified atom stereocenters. The zero-order valence-electron chi connectivity index (χ0n) is 14.0. The van der Waals surface area contributed by atoms with Gasteiger partial charge in [0.05, 0.1) is 23.8 Å². The molecule has 1 N–H and O–H groups in total. The summed E-state index contributed by atoms with van der Waals surface area (Å²) in [6.45, 7) is 3.40. The normalized spacial score (nSPS) is 14.4. The number of thioether (sulfide) groups is 1. The number of nitrogens with one attached hydrogen (secondary N) is 1. The smallest absolute Gasteiger partial charge is 0.253 e. The van der Waals surface area contributed by atoms with Crippen LogP contribution in [-0.4, -0.2) is 43.5 Å². The fourth-order valence-corrected chi connectivity index (χ4v) is 3.35. The van der Waals surface area contributed by atoms with E-state index in [1.165, 1.54) is 0 Å². The van der Waals surface area contributed by atoms with Gasteiger partial charge in [0.15, 0.2) is 0 Å². The Bertz CT molecular complexity index is 751. The minimum absolute atomic E-state index is 0.183. The van der Waals surface area contributed by atoms with Crippen molar-refractivity contribution >= 4 is 35.1 Å². The Kier molecular flexibility index (Phi) is 6.18. The Hall–Kier alpha value is -1.76. The van der Waals surface area contributed by atoms with E-state index in [-0.39, 0.29) is 5.91 Å². The predicted octanol–water partition coefficient (Wildman–Crippen LogP) is 3.22. The number of halogens is 1. The van der Waals surface area contributed by atoms with Crippen LogP contribution in [0.25, 0.3) is 0 Å². The van der Waals surface area contributed by atoms with Gasteiger partial charge in [-0.3, -0.25) is 4.79 Å². The molecular weight excluding hydrogens is 358 g/mol. The van der Waals surface area contributed by atoms with Gasteiger partial charge in [0, 0.05) is 36.3 Å². The standard InChI is InChI=1S/C18H20ClN3O2S/c1-25-14-4-5-16(19)15(11-14)18(23)21-12-13-3-2-6-20-17(13)22-7-9-24-10-8-22/h2-6,11H,7-10,12H2,1H3,(H,21,23). The lowest BCUT2D eigenvalue weighted by atomic mass is 10.2.